The fourth-order valence-corrected chi connectivity index (χ4v) is 3.55. The second kappa shape index (κ2) is 6.20. The van der Waals surface area contributed by atoms with Gasteiger partial charge < -0.3 is 10.1 Å². The van der Waals surface area contributed by atoms with Crippen molar-refractivity contribution in [1.82, 2.24) is 5.32 Å². The molecule has 22 heavy (non-hydrogen) atoms. The number of rotatable bonds is 5. The summed E-state index contributed by atoms with van der Waals surface area (Å²) in [5.74, 6) is 1.29. The average molecular weight is 325 g/mol. The molecular weight excluding hydrogens is 298 g/mol. The smallest absolute Gasteiger partial charge is 0.151 e. The highest BCUT2D eigenvalue weighted by Crippen LogP contribution is 2.40. The molecule has 124 valence electrons. The molecule has 1 unspecified atom stereocenters. The van der Waals surface area contributed by atoms with Crippen LogP contribution in [0.4, 0.5) is 0 Å². The molecule has 0 radical (unpaired) electrons. The molecule has 1 aliphatic rings. The molecule has 0 fully saturated rings. The van der Waals surface area contributed by atoms with E-state index in [-0.39, 0.29) is 23.1 Å². The van der Waals surface area contributed by atoms with Crippen molar-refractivity contribution in [2.75, 3.05) is 18.1 Å². The molecule has 5 heteroatoms. The Labute approximate surface area is 134 Å². The van der Waals surface area contributed by atoms with E-state index in [2.05, 4.69) is 45.1 Å². The monoisotopic (exact) mass is 325 g/mol. The van der Waals surface area contributed by atoms with Crippen molar-refractivity contribution < 1.29 is 13.2 Å². The maximum Gasteiger partial charge on any atom is 0.151 e. The van der Waals surface area contributed by atoms with Crippen LogP contribution in [-0.2, 0) is 9.84 Å². The SMILES string of the molecule is CCS(=O)(=O)CCNC1CC(C)(C)Oc2cc(C)c(C)cc21. The van der Waals surface area contributed by atoms with Crippen LogP contribution >= 0.6 is 0 Å². The summed E-state index contributed by atoms with van der Waals surface area (Å²) in [5, 5.41) is 3.41. The van der Waals surface area contributed by atoms with Crippen LogP contribution in [0.2, 0.25) is 0 Å². The van der Waals surface area contributed by atoms with Crippen molar-refractivity contribution in [3.05, 3.63) is 28.8 Å². The molecule has 1 aliphatic heterocycles. The molecule has 1 heterocycles. The van der Waals surface area contributed by atoms with E-state index in [0.717, 1.165) is 17.7 Å². The molecule has 4 nitrogen and oxygen atoms in total. The van der Waals surface area contributed by atoms with Crippen molar-refractivity contribution in [3.63, 3.8) is 0 Å². The van der Waals surface area contributed by atoms with Gasteiger partial charge in [-0.05, 0) is 44.9 Å². The summed E-state index contributed by atoms with van der Waals surface area (Å²) in [5.41, 5.74) is 3.32. The van der Waals surface area contributed by atoms with Gasteiger partial charge in [0.05, 0.1) is 5.75 Å². The van der Waals surface area contributed by atoms with Crippen LogP contribution in [0.3, 0.4) is 0 Å². The standard InChI is InChI=1S/C17H27NO3S/c1-6-22(19,20)8-7-18-15-11-17(4,5)21-16-10-13(3)12(2)9-14(15)16/h9-10,15,18H,6-8,11H2,1-5H3. The fraction of sp³-hybridized carbons (Fsp3) is 0.647. The molecule has 0 spiro atoms. The second-order valence-corrected chi connectivity index (χ2v) is 9.26. The third kappa shape index (κ3) is 4.02. The summed E-state index contributed by atoms with van der Waals surface area (Å²) in [6, 6.07) is 4.37. The number of sulfone groups is 1. The Morgan fingerprint density at radius 2 is 1.91 bits per heavy atom. The minimum absolute atomic E-state index is 0.130. The highest BCUT2D eigenvalue weighted by atomic mass is 32.2. The van der Waals surface area contributed by atoms with Crippen LogP contribution in [0, 0.1) is 13.8 Å². The second-order valence-electron chi connectivity index (χ2n) is 6.78. The van der Waals surface area contributed by atoms with E-state index in [1.807, 2.05) is 0 Å². The van der Waals surface area contributed by atoms with Crippen molar-refractivity contribution in [2.45, 2.75) is 52.7 Å². The third-order valence-corrected chi connectivity index (χ3v) is 6.03. The molecule has 2 rings (SSSR count). The first kappa shape index (κ1) is 17.3. The first-order chi connectivity index (χ1) is 10.1. The lowest BCUT2D eigenvalue weighted by molar-refractivity contribution is 0.0664. The van der Waals surface area contributed by atoms with Crippen LogP contribution in [0.5, 0.6) is 5.75 Å². The molecule has 0 amide bonds. The van der Waals surface area contributed by atoms with Gasteiger partial charge in [0.15, 0.2) is 9.84 Å². The largest absolute Gasteiger partial charge is 0.487 e. The third-order valence-electron chi connectivity index (χ3n) is 4.33. The lowest BCUT2D eigenvalue weighted by Crippen LogP contribution is -2.40. The van der Waals surface area contributed by atoms with Crippen LogP contribution in [0.1, 0.15) is 49.9 Å². The number of hydrogen-bond donors (Lipinski definition) is 1. The Morgan fingerprint density at radius 1 is 1.27 bits per heavy atom. The van der Waals surface area contributed by atoms with E-state index < -0.39 is 9.84 Å². The molecular formula is C17H27NO3S. The van der Waals surface area contributed by atoms with Crippen LogP contribution < -0.4 is 10.1 Å². The zero-order valence-corrected chi connectivity index (χ0v) is 15.0. The molecule has 0 saturated carbocycles. The lowest BCUT2D eigenvalue weighted by Gasteiger charge is -2.38. The van der Waals surface area contributed by atoms with Gasteiger partial charge in [-0.1, -0.05) is 13.0 Å². The zero-order chi connectivity index (χ0) is 16.5. The van der Waals surface area contributed by atoms with E-state index in [9.17, 15) is 8.42 Å². The van der Waals surface area contributed by atoms with Gasteiger partial charge in [-0.25, -0.2) is 8.42 Å². The van der Waals surface area contributed by atoms with Gasteiger partial charge in [0.25, 0.3) is 0 Å². The minimum Gasteiger partial charge on any atom is -0.487 e. The molecule has 1 N–H and O–H groups in total. The number of fused-ring (bicyclic) bond motifs is 1. The molecule has 0 saturated heterocycles. The zero-order valence-electron chi connectivity index (χ0n) is 14.2. The van der Waals surface area contributed by atoms with E-state index in [0.29, 0.717) is 6.54 Å². The Hall–Kier alpha value is -1.07. The summed E-state index contributed by atoms with van der Waals surface area (Å²) >= 11 is 0. The van der Waals surface area contributed by atoms with E-state index >= 15 is 0 Å². The minimum atomic E-state index is -2.94. The van der Waals surface area contributed by atoms with Gasteiger partial charge in [0, 0.05) is 30.3 Å². The molecule has 0 aromatic heterocycles. The Bertz CT molecular complexity index is 650. The maximum absolute atomic E-state index is 11.6. The average Bonchev–Trinajstić information content (AvgIpc) is 2.40. The maximum atomic E-state index is 11.6. The summed E-state index contributed by atoms with van der Waals surface area (Å²) in [7, 11) is -2.94. The number of aryl methyl sites for hydroxylation is 2. The van der Waals surface area contributed by atoms with Crippen molar-refractivity contribution in [3.8, 4) is 5.75 Å². The molecule has 1 aromatic rings. The fourth-order valence-electron chi connectivity index (χ4n) is 2.83. The van der Waals surface area contributed by atoms with E-state index in [1.165, 1.54) is 11.1 Å². The van der Waals surface area contributed by atoms with Gasteiger partial charge >= 0.3 is 0 Å². The quantitative estimate of drug-likeness (QED) is 0.904. The Morgan fingerprint density at radius 3 is 2.55 bits per heavy atom. The van der Waals surface area contributed by atoms with E-state index in [1.54, 1.807) is 6.92 Å². The van der Waals surface area contributed by atoms with Crippen LogP contribution in [0.25, 0.3) is 0 Å². The number of benzene rings is 1. The van der Waals surface area contributed by atoms with Gasteiger partial charge in [-0.2, -0.15) is 0 Å². The van der Waals surface area contributed by atoms with Gasteiger partial charge in [0.2, 0.25) is 0 Å². The molecule has 0 bridgehead atoms. The lowest BCUT2D eigenvalue weighted by atomic mass is 9.88. The summed E-state index contributed by atoms with van der Waals surface area (Å²) < 4.78 is 29.4. The van der Waals surface area contributed by atoms with Crippen molar-refractivity contribution in [1.29, 1.82) is 0 Å². The Balaban J connectivity index is 2.20. The number of ether oxygens (including phenoxy) is 1. The van der Waals surface area contributed by atoms with Crippen LogP contribution in [0.15, 0.2) is 12.1 Å². The summed E-state index contributed by atoms with van der Waals surface area (Å²) in [4.78, 5) is 0. The topological polar surface area (TPSA) is 55.4 Å². The predicted octanol–water partition coefficient (Wildman–Crippen LogP) is 2.93. The molecule has 1 aromatic carbocycles. The van der Waals surface area contributed by atoms with Gasteiger partial charge in [0.1, 0.15) is 11.4 Å². The first-order valence-electron chi connectivity index (χ1n) is 7.87. The van der Waals surface area contributed by atoms with Crippen LogP contribution in [-0.4, -0.2) is 32.1 Å². The highest BCUT2D eigenvalue weighted by Gasteiger charge is 2.33. The van der Waals surface area contributed by atoms with Crippen molar-refractivity contribution >= 4 is 9.84 Å². The number of nitrogens with one attached hydrogen (secondary N) is 1. The molecule has 1 atom stereocenters. The first-order valence-corrected chi connectivity index (χ1v) is 9.69. The van der Waals surface area contributed by atoms with Gasteiger partial charge in [-0.3, -0.25) is 0 Å². The number of hydrogen-bond acceptors (Lipinski definition) is 4. The summed E-state index contributed by atoms with van der Waals surface area (Å²) in [6.07, 6.45) is 0.828. The predicted molar refractivity (Wildman–Crippen MR) is 90.3 cm³/mol. The highest BCUT2D eigenvalue weighted by molar-refractivity contribution is 7.91. The molecule has 0 aliphatic carbocycles. The van der Waals surface area contributed by atoms with Crippen molar-refractivity contribution in [2.24, 2.45) is 0 Å². The van der Waals surface area contributed by atoms with Gasteiger partial charge in [-0.15, -0.1) is 0 Å². The summed E-state index contributed by atoms with van der Waals surface area (Å²) in [6.45, 7) is 10.5. The van der Waals surface area contributed by atoms with E-state index in [4.69, 9.17) is 4.74 Å². The normalized spacial score (nSPS) is 20.3. The Kier molecular flexibility index (Phi) is 4.87.